The molecule has 0 N–H and O–H groups in total. The largest absolute Gasteiger partial charge is 0.338 e. The highest BCUT2D eigenvalue weighted by molar-refractivity contribution is 7.10. The summed E-state index contributed by atoms with van der Waals surface area (Å²) in [5.74, 6) is -0.751. The van der Waals surface area contributed by atoms with Crippen molar-refractivity contribution >= 4 is 23.2 Å². The maximum atomic E-state index is 14.2. The minimum atomic E-state index is -0.511. The average molecular weight is 492 g/mol. The molecule has 2 aliphatic heterocycles. The molecule has 0 saturated carbocycles. The number of carbonyl (C=O) groups is 2. The first-order valence-corrected chi connectivity index (χ1v) is 13.0. The molecule has 5 rings (SSSR count). The molecule has 7 heteroatoms. The van der Waals surface area contributed by atoms with Gasteiger partial charge in [0.2, 0.25) is 5.91 Å². The number of hydrogen-bond acceptors (Lipinski definition) is 4. The zero-order valence-electron chi connectivity index (χ0n) is 20.1. The zero-order chi connectivity index (χ0) is 24.5. The van der Waals surface area contributed by atoms with Crippen LogP contribution in [-0.4, -0.2) is 65.3 Å². The summed E-state index contributed by atoms with van der Waals surface area (Å²) in [6.45, 7) is 6.52. The lowest BCUT2D eigenvalue weighted by Gasteiger charge is -2.42. The fraction of sp³-hybridized carbons (Fsp3) is 0.357. The summed E-state index contributed by atoms with van der Waals surface area (Å²) in [5, 5.41) is 2.15. The van der Waals surface area contributed by atoms with Crippen LogP contribution in [0.3, 0.4) is 0 Å². The van der Waals surface area contributed by atoms with Gasteiger partial charge in [0, 0.05) is 37.1 Å². The highest BCUT2D eigenvalue weighted by atomic mass is 32.1. The molecule has 3 aromatic rings. The van der Waals surface area contributed by atoms with E-state index in [0.29, 0.717) is 26.2 Å². The molecule has 1 fully saturated rings. The van der Waals surface area contributed by atoms with Crippen molar-refractivity contribution < 1.29 is 14.0 Å². The van der Waals surface area contributed by atoms with E-state index in [4.69, 9.17) is 0 Å². The molecule has 35 heavy (non-hydrogen) atoms. The van der Waals surface area contributed by atoms with E-state index in [1.165, 1.54) is 33.7 Å². The van der Waals surface area contributed by atoms with Crippen LogP contribution in [0.1, 0.15) is 44.9 Å². The summed E-state index contributed by atoms with van der Waals surface area (Å²) >= 11 is 1.79. The Hall–Kier alpha value is -3.03. The second-order valence-electron chi connectivity index (χ2n) is 9.45. The lowest BCUT2D eigenvalue weighted by Crippen LogP contribution is -2.57. The van der Waals surface area contributed by atoms with Crippen molar-refractivity contribution in [2.75, 3.05) is 32.7 Å². The van der Waals surface area contributed by atoms with Gasteiger partial charge in [-0.3, -0.25) is 14.5 Å². The first-order valence-electron chi connectivity index (χ1n) is 12.1. The van der Waals surface area contributed by atoms with Crippen LogP contribution in [0, 0.1) is 12.7 Å². The highest BCUT2D eigenvalue weighted by Crippen LogP contribution is 2.38. The lowest BCUT2D eigenvalue weighted by molar-refractivity contribution is -0.135. The van der Waals surface area contributed by atoms with Gasteiger partial charge in [-0.05, 0) is 60.5 Å². The number of fused-ring (bicyclic) bond motifs is 1. The van der Waals surface area contributed by atoms with Gasteiger partial charge in [0.1, 0.15) is 5.82 Å². The molecule has 1 aromatic heterocycles. The van der Waals surface area contributed by atoms with Gasteiger partial charge in [0.15, 0.2) is 0 Å². The molecular formula is C28H30FN3O2S. The van der Waals surface area contributed by atoms with Crippen LogP contribution < -0.4 is 0 Å². The Balaban J connectivity index is 1.30. The van der Waals surface area contributed by atoms with E-state index < -0.39 is 5.82 Å². The fourth-order valence-corrected chi connectivity index (χ4v) is 6.25. The summed E-state index contributed by atoms with van der Waals surface area (Å²) in [6, 6.07) is 16.6. The normalized spacial score (nSPS) is 20.5. The number of nitrogens with zero attached hydrogens (tertiary/aromatic N) is 3. The van der Waals surface area contributed by atoms with Crippen molar-refractivity contribution in [3.05, 3.63) is 92.9 Å². The number of piperazine rings is 1. The number of amides is 2. The van der Waals surface area contributed by atoms with Crippen molar-refractivity contribution in [3.63, 3.8) is 0 Å². The standard InChI is InChI=1S/C28H30FN3O2S/c1-19-7-3-4-8-21(19)27-23-12-16-35-25(23)11-13-31(27)18-26(33)30-14-15-32(20(2)17-30)28(34)22-9-5-6-10-24(22)29/h3-10,12,16,20,27H,11,13-15,17-18H2,1-2H3/t20-,27+/m1/s1. The van der Waals surface area contributed by atoms with E-state index in [9.17, 15) is 14.0 Å². The van der Waals surface area contributed by atoms with Crippen LogP contribution >= 0.6 is 11.3 Å². The van der Waals surface area contributed by atoms with E-state index in [1.807, 2.05) is 11.8 Å². The van der Waals surface area contributed by atoms with Gasteiger partial charge in [0.25, 0.3) is 5.91 Å². The zero-order valence-corrected chi connectivity index (χ0v) is 20.9. The Labute approximate surface area is 209 Å². The second kappa shape index (κ2) is 9.91. The second-order valence-corrected chi connectivity index (χ2v) is 10.4. The van der Waals surface area contributed by atoms with Crippen molar-refractivity contribution in [1.82, 2.24) is 14.7 Å². The van der Waals surface area contributed by atoms with Crippen LogP contribution in [0.2, 0.25) is 0 Å². The maximum Gasteiger partial charge on any atom is 0.257 e. The summed E-state index contributed by atoms with van der Waals surface area (Å²) in [6.07, 6.45) is 0.948. The van der Waals surface area contributed by atoms with E-state index in [0.717, 1.165) is 13.0 Å². The molecule has 0 spiro atoms. The smallest absolute Gasteiger partial charge is 0.257 e. The molecule has 1 saturated heterocycles. The van der Waals surface area contributed by atoms with E-state index in [1.54, 1.807) is 28.4 Å². The lowest BCUT2D eigenvalue weighted by atomic mass is 9.90. The molecule has 182 valence electrons. The molecule has 2 aliphatic rings. The maximum absolute atomic E-state index is 14.2. The average Bonchev–Trinajstić information content (AvgIpc) is 3.33. The molecule has 5 nitrogen and oxygen atoms in total. The predicted octanol–water partition coefficient (Wildman–Crippen LogP) is 4.52. The number of hydrogen-bond donors (Lipinski definition) is 0. The van der Waals surface area contributed by atoms with E-state index in [2.05, 4.69) is 47.5 Å². The first-order chi connectivity index (χ1) is 16.9. The summed E-state index contributed by atoms with van der Waals surface area (Å²) in [5.41, 5.74) is 3.85. The molecule has 2 atom stereocenters. The number of carbonyl (C=O) groups excluding carboxylic acids is 2. The molecule has 0 unspecified atom stereocenters. The van der Waals surface area contributed by atoms with Gasteiger partial charge < -0.3 is 9.80 Å². The van der Waals surface area contributed by atoms with E-state index in [-0.39, 0.29) is 29.5 Å². The number of halogens is 1. The minimum absolute atomic E-state index is 0.0662. The minimum Gasteiger partial charge on any atom is -0.338 e. The monoisotopic (exact) mass is 491 g/mol. The molecule has 3 heterocycles. The molecule has 2 aromatic carbocycles. The SMILES string of the molecule is Cc1ccccc1[C@H]1c2ccsc2CCN1CC(=O)N1CCN(C(=O)c2ccccc2F)[C@H](C)C1. The molecule has 0 bridgehead atoms. The Morgan fingerprint density at radius 1 is 1.00 bits per heavy atom. The van der Waals surface area contributed by atoms with Crippen LogP contribution in [0.25, 0.3) is 0 Å². The van der Waals surface area contributed by atoms with Crippen LogP contribution in [-0.2, 0) is 11.2 Å². The topological polar surface area (TPSA) is 43.9 Å². The summed E-state index contributed by atoms with van der Waals surface area (Å²) in [7, 11) is 0. The molecule has 0 radical (unpaired) electrons. The summed E-state index contributed by atoms with van der Waals surface area (Å²) in [4.78, 5) is 33.6. The predicted molar refractivity (Wildman–Crippen MR) is 136 cm³/mol. The summed E-state index contributed by atoms with van der Waals surface area (Å²) < 4.78 is 14.2. The fourth-order valence-electron chi connectivity index (χ4n) is 5.35. The third-order valence-corrected chi connectivity index (χ3v) is 8.23. The van der Waals surface area contributed by atoms with Crippen molar-refractivity contribution in [1.29, 1.82) is 0 Å². The molecule has 0 aliphatic carbocycles. The van der Waals surface area contributed by atoms with E-state index >= 15 is 0 Å². The van der Waals surface area contributed by atoms with Crippen molar-refractivity contribution in [2.45, 2.75) is 32.4 Å². The van der Waals surface area contributed by atoms with Gasteiger partial charge >= 0.3 is 0 Å². The van der Waals surface area contributed by atoms with Gasteiger partial charge in [-0.1, -0.05) is 36.4 Å². The third-order valence-electron chi connectivity index (χ3n) is 7.23. The van der Waals surface area contributed by atoms with Gasteiger partial charge in [-0.15, -0.1) is 11.3 Å². The van der Waals surface area contributed by atoms with Crippen LogP contribution in [0.4, 0.5) is 4.39 Å². The Kier molecular flexibility index (Phi) is 6.71. The Morgan fingerprint density at radius 3 is 2.54 bits per heavy atom. The number of benzene rings is 2. The number of rotatable bonds is 4. The van der Waals surface area contributed by atoms with Gasteiger partial charge in [0.05, 0.1) is 18.2 Å². The first kappa shape index (κ1) is 23.7. The highest BCUT2D eigenvalue weighted by Gasteiger charge is 2.35. The van der Waals surface area contributed by atoms with Crippen LogP contribution in [0.15, 0.2) is 60.0 Å². The molecule has 2 amide bonds. The van der Waals surface area contributed by atoms with Gasteiger partial charge in [-0.2, -0.15) is 0 Å². The van der Waals surface area contributed by atoms with Crippen molar-refractivity contribution in [2.24, 2.45) is 0 Å². The van der Waals surface area contributed by atoms with Gasteiger partial charge in [-0.25, -0.2) is 4.39 Å². The molecular weight excluding hydrogens is 461 g/mol. The number of thiophene rings is 1. The Morgan fingerprint density at radius 2 is 1.77 bits per heavy atom. The third kappa shape index (κ3) is 4.62. The van der Waals surface area contributed by atoms with Crippen molar-refractivity contribution in [3.8, 4) is 0 Å². The Bertz CT molecular complexity index is 1240. The number of aryl methyl sites for hydroxylation is 1. The quantitative estimate of drug-likeness (QED) is 0.539. The van der Waals surface area contributed by atoms with Crippen LogP contribution in [0.5, 0.6) is 0 Å².